The number of ether oxygens (including phenoxy) is 1. The largest absolute Gasteiger partial charge is 0.504 e. The van der Waals surface area contributed by atoms with Crippen molar-refractivity contribution in [3.05, 3.63) is 64.8 Å². The summed E-state index contributed by atoms with van der Waals surface area (Å²) in [6.07, 6.45) is 0.193. The summed E-state index contributed by atoms with van der Waals surface area (Å²) >= 11 is 0. The van der Waals surface area contributed by atoms with Crippen molar-refractivity contribution in [2.24, 2.45) is 0 Å². The molecule has 2 aromatic carbocycles. The standard InChI is InChI=1S/C24H26N2O5/c1-4-31-24(30)20(11-16-9-10-21(27)22(28)12-16)26-23(29)13-18-14(2)17-7-5-6-8-19(17)25-15(18)3/h5-10,12,20,27-28H,4,11,13H2,1-3H3,(H,26,29)/t20-/m0/s1. The first-order chi connectivity index (χ1) is 14.8. The SMILES string of the molecule is CCOC(=O)[C@H](Cc1ccc(O)c(O)c1)NC(=O)Cc1c(C)nc2ccccc2c1C. The van der Waals surface area contributed by atoms with Crippen LogP contribution < -0.4 is 5.32 Å². The van der Waals surface area contributed by atoms with E-state index in [-0.39, 0.29) is 36.9 Å². The molecule has 3 rings (SSSR count). The predicted octanol–water partition coefficient (Wildman–Crippen LogP) is 3.10. The smallest absolute Gasteiger partial charge is 0.328 e. The van der Waals surface area contributed by atoms with Crippen molar-refractivity contribution in [1.29, 1.82) is 0 Å². The first kappa shape index (κ1) is 22.1. The van der Waals surface area contributed by atoms with E-state index < -0.39 is 12.0 Å². The molecule has 1 amide bonds. The van der Waals surface area contributed by atoms with Crippen LogP contribution in [0.2, 0.25) is 0 Å². The number of phenolic OH excluding ortho intramolecular Hbond substituents is 2. The van der Waals surface area contributed by atoms with Crippen molar-refractivity contribution in [1.82, 2.24) is 10.3 Å². The van der Waals surface area contributed by atoms with Crippen molar-refractivity contribution < 1.29 is 24.5 Å². The molecule has 0 saturated heterocycles. The number of carbonyl (C=O) groups excluding carboxylic acids is 2. The van der Waals surface area contributed by atoms with E-state index in [1.165, 1.54) is 12.1 Å². The lowest BCUT2D eigenvalue weighted by atomic mass is 9.99. The second kappa shape index (κ2) is 9.47. The second-order valence-corrected chi connectivity index (χ2v) is 7.39. The lowest BCUT2D eigenvalue weighted by molar-refractivity contribution is -0.147. The van der Waals surface area contributed by atoms with Gasteiger partial charge >= 0.3 is 5.97 Å². The van der Waals surface area contributed by atoms with E-state index in [4.69, 9.17) is 4.74 Å². The first-order valence-electron chi connectivity index (χ1n) is 10.1. The number of aromatic hydroxyl groups is 2. The Morgan fingerprint density at radius 1 is 1.10 bits per heavy atom. The van der Waals surface area contributed by atoms with Crippen molar-refractivity contribution in [2.45, 2.75) is 39.7 Å². The maximum atomic E-state index is 12.8. The molecule has 7 heteroatoms. The molecule has 1 aromatic heterocycles. The van der Waals surface area contributed by atoms with E-state index in [1.807, 2.05) is 38.1 Å². The highest BCUT2D eigenvalue weighted by Crippen LogP contribution is 2.26. The summed E-state index contributed by atoms with van der Waals surface area (Å²) in [7, 11) is 0. The number of phenols is 2. The van der Waals surface area contributed by atoms with Crippen LogP contribution in [-0.2, 0) is 27.2 Å². The summed E-state index contributed by atoms with van der Waals surface area (Å²) in [4.78, 5) is 29.9. The van der Waals surface area contributed by atoms with Gasteiger partial charge in [0.1, 0.15) is 6.04 Å². The van der Waals surface area contributed by atoms with Crippen LogP contribution in [0.15, 0.2) is 42.5 Å². The van der Waals surface area contributed by atoms with Crippen LogP contribution in [0.1, 0.15) is 29.3 Å². The minimum Gasteiger partial charge on any atom is -0.504 e. The van der Waals surface area contributed by atoms with E-state index in [1.54, 1.807) is 13.0 Å². The molecule has 31 heavy (non-hydrogen) atoms. The van der Waals surface area contributed by atoms with E-state index in [9.17, 15) is 19.8 Å². The minimum absolute atomic E-state index is 0.0756. The fourth-order valence-corrected chi connectivity index (χ4v) is 3.60. The van der Waals surface area contributed by atoms with Gasteiger partial charge in [0.15, 0.2) is 11.5 Å². The number of esters is 1. The highest BCUT2D eigenvalue weighted by Gasteiger charge is 2.24. The number of benzene rings is 2. The van der Waals surface area contributed by atoms with Gasteiger partial charge in [0.25, 0.3) is 0 Å². The van der Waals surface area contributed by atoms with Crippen LogP contribution in [0.5, 0.6) is 11.5 Å². The molecule has 0 unspecified atom stereocenters. The van der Waals surface area contributed by atoms with Crippen LogP contribution in [0.4, 0.5) is 0 Å². The molecule has 7 nitrogen and oxygen atoms in total. The van der Waals surface area contributed by atoms with Gasteiger partial charge < -0.3 is 20.3 Å². The van der Waals surface area contributed by atoms with Crippen LogP contribution >= 0.6 is 0 Å². The quantitative estimate of drug-likeness (QED) is 0.399. The molecule has 0 aliphatic carbocycles. The van der Waals surface area contributed by atoms with Crippen LogP contribution in [0, 0.1) is 13.8 Å². The van der Waals surface area contributed by atoms with Crippen molar-refractivity contribution in [2.75, 3.05) is 6.61 Å². The van der Waals surface area contributed by atoms with Gasteiger partial charge in [-0.2, -0.15) is 0 Å². The zero-order valence-corrected chi connectivity index (χ0v) is 17.8. The van der Waals surface area contributed by atoms with Crippen molar-refractivity contribution >= 4 is 22.8 Å². The molecule has 0 aliphatic rings. The zero-order valence-electron chi connectivity index (χ0n) is 17.8. The lowest BCUT2D eigenvalue weighted by Crippen LogP contribution is -2.44. The summed E-state index contributed by atoms with van der Waals surface area (Å²) in [5, 5.41) is 22.9. The Kier molecular flexibility index (Phi) is 6.74. The Bertz CT molecular complexity index is 1130. The van der Waals surface area contributed by atoms with Crippen molar-refractivity contribution in [3.8, 4) is 11.5 Å². The molecule has 0 aliphatic heterocycles. The summed E-state index contributed by atoms with van der Waals surface area (Å²) < 4.78 is 5.11. The average Bonchev–Trinajstić information content (AvgIpc) is 2.73. The Labute approximate surface area is 180 Å². The second-order valence-electron chi connectivity index (χ2n) is 7.39. The van der Waals surface area contributed by atoms with Gasteiger partial charge in [-0.1, -0.05) is 24.3 Å². The number of pyridine rings is 1. The number of fused-ring (bicyclic) bond motifs is 1. The third-order valence-electron chi connectivity index (χ3n) is 5.21. The molecular weight excluding hydrogens is 396 g/mol. The molecule has 1 heterocycles. The zero-order chi connectivity index (χ0) is 22.5. The van der Waals surface area contributed by atoms with Gasteiger partial charge in [0.2, 0.25) is 5.91 Å². The highest BCUT2D eigenvalue weighted by molar-refractivity contribution is 5.89. The number of nitrogens with zero attached hydrogens (tertiary/aromatic N) is 1. The van der Waals surface area contributed by atoms with E-state index in [0.717, 1.165) is 27.7 Å². The lowest BCUT2D eigenvalue weighted by Gasteiger charge is -2.19. The maximum absolute atomic E-state index is 12.8. The fraction of sp³-hybridized carbons (Fsp3) is 0.292. The summed E-state index contributed by atoms with van der Waals surface area (Å²) in [6.45, 7) is 5.70. The van der Waals surface area contributed by atoms with Crippen molar-refractivity contribution in [3.63, 3.8) is 0 Å². The number of para-hydroxylation sites is 1. The number of rotatable bonds is 7. The van der Waals surface area contributed by atoms with Gasteiger partial charge in [-0.3, -0.25) is 9.78 Å². The molecule has 0 spiro atoms. The summed E-state index contributed by atoms with van der Waals surface area (Å²) in [5.41, 5.74) is 4.02. The number of nitrogens with one attached hydrogen (secondary N) is 1. The predicted molar refractivity (Wildman–Crippen MR) is 117 cm³/mol. The molecule has 0 radical (unpaired) electrons. The number of aromatic nitrogens is 1. The molecule has 1 atom stereocenters. The number of carbonyl (C=O) groups is 2. The number of aryl methyl sites for hydroxylation is 2. The molecule has 3 N–H and O–H groups in total. The van der Waals surface area contributed by atoms with Crippen LogP contribution in [-0.4, -0.2) is 39.7 Å². The van der Waals surface area contributed by atoms with Gasteiger partial charge in [-0.05, 0) is 55.7 Å². The van der Waals surface area contributed by atoms with Crippen LogP contribution in [0.3, 0.4) is 0 Å². The van der Waals surface area contributed by atoms with Gasteiger partial charge in [0, 0.05) is 17.5 Å². The van der Waals surface area contributed by atoms with E-state index in [2.05, 4.69) is 10.3 Å². The average molecular weight is 422 g/mol. The molecule has 0 fully saturated rings. The maximum Gasteiger partial charge on any atom is 0.328 e. The van der Waals surface area contributed by atoms with Gasteiger partial charge in [-0.25, -0.2) is 4.79 Å². The summed E-state index contributed by atoms with van der Waals surface area (Å²) in [6, 6.07) is 11.1. The molecule has 162 valence electrons. The molecule has 0 bridgehead atoms. The monoisotopic (exact) mass is 422 g/mol. The Morgan fingerprint density at radius 2 is 1.84 bits per heavy atom. The first-order valence-corrected chi connectivity index (χ1v) is 10.1. The molecular formula is C24H26N2O5. The third-order valence-corrected chi connectivity index (χ3v) is 5.21. The normalized spacial score (nSPS) is 11.8. The topological polar surface area (TPSA) is 109 Å². The Morgan fingerprint density at radius 3 is 2.55 bits per heavy atom. The molecule has 3 aromatic rings. The summed E-state index contributed by atoms with van der Waals surface area (Å²) in [5.74, 6) is -1.44. The Hall–Kier alpha value is -3.61. The minimum atomic E-state index is -0.926. The number of amides is 1. The molecule has 0 saturated carbocycles. The highest BCUT2D eigenvalue weighted by atomic mass is 16.5. The third kappa shape index (κ3) is 5.12. The van der Waals surface area contributed by atoms with E-state index in [0.29, 0.717) is 5.56 Å². The van der Waals surface area contributed by atoms with E-state index >= 15 is 0 Å². The van der Waals surface area contributed by atoms with Gasteiger partial charge in [0.05, 0.1) is 18.5 Å². The Balaban J connectivity index is 1.81. The number of hydrogen-bond acceptors (Lipinski definition) is 6. The number of hydrogen-bond donors (Lipinski definition) is 3. The fourth-order valence-electron chi connectivity index (χ4n) is 3.60. The van der Waals surface area contributed by atoms with Crippen LogP contribution in [0.25, 0.3) is 10.9 Å². The van der Waals surface area contributed by atoms with Gasteiger partial charge in [-0.15, -0.1) is 0 Å².